The fourth-order valence-corrected chi connectivity index (χ4v) is 0.572. The van der Waals surface area contributed by atoms with Crippen LogP contribution in [0.25, 0.3) is 0 Å². The molecule has 0 aliphatic rings. The highest BCUT2D eigenvalue weighted by molar-refractivity contribution is 9.10. The second kappa shape index (κ2) is 2.87. The third-order valence-electron chi connectivity index (χ3n) is 0.609. The van der Waals surface area contributed by atoms with Gasteiger partial charge in [0, 0.05) is 6.17 Å². The monoisotopic (exact) mass is 194 g/mol. The Morgan fingerprint density at radius 2 is 2.78 bits per heavy atom. The van der Waals surface area contributed by atoms with Gasteiger partial charge in [-0.25, -0.2) is 14.4 Å². The Balaban J connectivity index is 3.29. The molecule has 0 saturated heterocycles. The standard InChI is InChI=1S/C5H4BrFN2/c6-4-1-2-8-5(3-7)9-4/h1-2H,3H2/i1D,2D,3D2. The Hall–Kier alpha value is -0.510. The molecule has 1 aromatic rings. The van der Waals surface area contributed by atoms with Crippen LogP contribution in [0.1, 0.15) is 11.3 Å². The van der Waals surface area contributed by atoms with Crippen molar-refractivity contribution >= 4 is 15.9 Å². The molecule has 1 rings (SSSR count). The number of nitrogens with zero attached hydrogens (tertiary/aromatic N) is 2. The summed E-state index contributed by atoms with van der Waals surface area (Å²) in [6.45, 7) is -3.19. The van der Waals surface area contributed by atoms with Gasteiger partial charge in [-0.1, -0.05) is 0 Å². The lowest BCUT2D eigenvalue weighted by Gasteiger charge is -1.90. The Kier molecular flexibility index (Phi) is 0.973. The van der Waals surface area contributed by atoms with E-state index in [0.717, 1.165) is 0 Å². The lowest BCUT2D eigenvalue weighted by atomic mass is 10.6. The molecule has 0 spiro atoms. The van der Waals surface area contributed by atoms with E-state index in [2.05, 4.69) is 25.9 Å². The summed E-state index contributed by atoms with van der Waals surface area (Å²) in [7, 11) is 0. The third-order valence-corrected chi connectivity index (χ3v) is 0.985. The summed E-state index contributed by atoms with van der Waals surface area (Å²) in [4.78, 5) is 6.55. The zero-order valence-electron chi connectivity index (χ0n) is 8.15. The van der Waals surface area contributed by atoms with Crippen molar-refractivity contribution in [2.24, 2.45) is 0 Å². The number of alkyl halides is 1. The molecule has 0 bridgehead atoms. The lowest BCUT2D eigenvalue weighted by Crippen LogP contribution is -1.89. The second-order valence-corrected chi connectivity index (χ2v) is 1.92. The molecule has 48 valence electrons. The van der Waals surface area contributed by atoms with Crippen molar-refractivity contribution in [2.45, 2.75) is 6.63 Å². The lowest BCUT2D eigenvalue weighted by molar-refractivity contribution is 0.464. The minimum absolute atomic E-state index is 0.0935. The van der Waals surface area contributed by atoms with Crippen molar-refractivity contribution in [2.75, 3.05) is 0 Å². The van der Waals surface area contributed by atoms with Gasteiger partial charge in [-0.2, -0.15) is 0 Å². The van der Waals surface area contributed by atoms with E-state index in [1.807, 2.05) is 0 Å². The summed E-state index contributed by atoms with van der Waals surface area (Å²) < 4.78 is 40.1. The van der Waals surface area contributed by atoms with Gasteiger partial charge in [0.1, 0.15) is 11.2 Å². The average Bonchev–Trinajstić information content (AvgIpc) is 1.97. The van der Waals surface area contributed by atoms with Crippen LogP contribution in [0, 0.1) is 0 Å². The molecule has 0 aromatic carbocycles. The summed E-state index contributed by atoms with van der Waals surface area (Å²) in [6.07, 6.45) is -0.515. The molecule has 0 unspecified atom stereocenters. The SMILES string of the molecule is [2H]c1nc(C([2H])([2H])F)nc(Br)c1[2H]. The molecule has 0 fully saturated rings. The fourth-order valence-electron chi connectivity index (χ4n) is 0.315. The van der Waals surface area contributed by atoms with Gasteiger partial charge in [-0.05, 0) is 22.0 Å². The zero-order chi connectivity index (χ0) is 10.2. The number of halogens is 2. The normalized spacial score (nSPS) is 17.6. The molecule has 0 radical (unpaired) electrons. The number of hydrogen-bond donors (Lipinski definition) is 0. The van der Waals surface area contributed by atoms with Gasteiger partial charge in [-0.3, -0.25) is 0 Å². The molecule has 0 aliphatic carbocycles. The summed E-state index contributed by atoms with van der Waals surface area (Å²) in [5, 5.41) is 0. The largest absolute Gasteiger partial charge is 0.242 e. The Labute approximate surface area is 65.9 Å². The van der Waals surface area contributed by atoms with Gasteiger partial charge in [0.15, 0.2) is 5.82 Å². The molecule has 0 N–H and O–H groups in total. The third kappa shape index (κ3) is 1.71. The Bertz CT molecular complexity index is 317. The minimum Gasteiger partial charge on any atom is -0.242 e. The highest BCUT2D eigenvalue weighted by Gasteiger charge is 1.92. The van der Waals surface area contributed by atoms with Crippen molar-refractivity contribution in [3.05, 3.63) is 22.6 Å². The predicted molar refractivity (Wildman–Crippen MR) is 34.5 cm³/mol. The van der Waals surface area contributed by atoms with E-state index in [0.29, 0.717) is 0 Å². The number of aromatic nitrogens is 2. The Morgan fingerprint density at radius 1 is 2.00 bits per heavy atom. The van der Waals surface area contributed by atoms with Crippen molar-refractivity contribution < 1.29 is 9.87 Å². The quantitative estimate of drug-likeness (QED) is 0.637. The van der Waals surface area contributed by atoms with E-state index < -0.39 is 18.6 Å². The van der Waals surface area contributed by atoms with Crippen LogP contribution in [-0.4, -0.2) is 9.97 Å². The van der Waals surface area contributed by atoms with Crippen LogP contribution < -0.4 is 0 Å². The van der Waals surface area contributed by atoms with Crippen LogP contribution in [0.15, 0.2) is 16.8 Å². The molecule has 4 heteroatoms. The first kappa shape index (κ1) is 3.05. The molecular weight excluding hydrogens is 187 g/mol. The summed E-state index contributed by atoms with van der Waals surface area (Å²) >= 11 is 2.80. The molecule has 1 heterocycles. The number of hydrogen-bond acceptors (Lipinski definition) is 2. The maximum Gasteiger partial charge on any atom is 0.160 e. The van der Waals surface area contributed by atoms with Crippen molar-refractivity contribution in [3.8, 4) is 0 Å². The molecule has 2 nitrogen and oxygen atoms in total. The van der Waals surface area contributed by atoms with E-state index in [4.69, 9.17) is 5.48 Å². The van der Waals surface area contributed by atoms with Gasteiger partial charge in [0.25, 0.3) is 0 Å². The first-order valence-electron chi connectivity index (χ1n) is 4.02. The minimum atomic E-state index is -3.19. The van der Waals surface area contributed by atoms with Crippen LogP contribution in [0.2, 0.25) is 0 Å². The highest BCUT2D eigenvalue weighted by Crippen LogP contribution is 2.03. The van der Waals surface area contributed by atoms with Crippen molar-refractivity contribution in [3.63, 3.8) is 0 Å². The highest BCUT2D eigenvalue weighted by atomic mass is 79.9. The summed E-state index contributed by atoms with van der Waals surface area (Å²) in [6, 6.07) is -0.298. The molecule has 1 aromatic heterocycles. The molecule has 9 heavy (non-hydrogen) atoms. The van der Waals surface area contributed by atoms with Gasteiger partial charge in [0.05, 0.1) is 5.48 Å². The molecule has 0 saturated carbocycles. The summed E-state index contributed by atoms with van der Waals surface area (Å²) in [5.41, 5.74) is 0. The first-order valence-corrected chi connectivity index (χ1v) is 2.82. The molecule has 0 atom stereocenters. The van der Waals surface area contributed by atoms with Crippen LogP contribution in [0.5, 0.6) is 0 Å². The second-order valence-electron chi connectivity index (χ2n) is 1.17. The Morgan fingerprint density at radius 3 is 3.33 bits per heavy atom. The van der Waals surface area contributed by atoms with E-state index in [9.17, 15) is 4.39 Å². The number of rotatable bonds is 1. The predicted octanol–water partition coefficient (Wildman–Crippen LogP) is 1.71. The maximum absolute atomic E-state index is 12.7. The van der Waals surface area contributed by atoms with E-state index >= 15 is 0 Å². The van der Waals surface area contributed by atoms with E-state index in [-0.39, 0.29) is 10.6 Å². The molecule has 0 amide bonds. The van der Waals surface area contributed by atoms with Gasteiger partial charge < -0.3 is 0 Å². The van der Waals surface area contributed by atoms with E-state index in [1.165, 1.54) is 0 Å². The van der Waals surface area contributed by atoms with Gasteiger partial charge >= 0.3 is 0 Å². The van der Waals surface area contributed by atoms with Crippen molar-refractivity contribution in [1.29, 1.82) is 0 Å². The van der Waals surface area contributed by atoms with Crippen LogP contribution in [-0.2, 0) is 6.63 Å². The first-order chi connectivity index (χ1) is 5.82. The van der Waals surface area contributed by atoms with Gasteiger partial charge in [0.2, 0.25) is 0 Å². The van der Waals surface area contributed by atoms with Crippen LogP contribution in [0.4, 0.5) is 4.39 Å². The smallest absolute Gasteiger partial charge is 0.160 e. The average molecular weight is 195 g/mol. The van der Waals surface area contributed by atoms with Crippen LogP contribution in [0.3, 0.4) is 0 Å². The maximum atomic E-state index is 12.7. The molecular formula is C5H4BrFN2. The van der Waals surface area contributed by atoms with Crippen LogP contribution >= 0.6 is 15.9 Å². The molecule has 0 aliphatic heterocycles. The van der Waals surface area contributed by atoms with Gasteiger partial charge in [-0.15, -0.1) is 0 Å². The van der Waals surface area contributed by atoms with E-state index in [1.54, 1.807) is 0 Å². The fraction of sp³-hybridized carbons (Fsp3) is 0.200. The van der Waals surface area contributed by atoms with Crippen molar-refractivity contribution in [1.82, 2.24) is 9.97 Å². The zero-order valence-corrected chi connectivity index (χ0v) is 5.74. The summed E-state index contributed by atoms with van der Waals surface area (Å²) in [5.74, 6) is -0.750. The topological polar surface area (TPSA) is 25.8 Å².